The molecule has 0 radical (unpaired) electrons. The molecule has 0 aromatic heterocycles. The van der Waals surface area contributed by atoms with Gasteiger partial charge in [-0.15, -0.1) is 24.0 Å². The summed E-state index contributed by atoms with van der Waals surface area (Å²) in [5.74, 6) is 1.76. The van der Waals surface area contributed by atoms with Crippen LogP contribution in [-0.2, 0) is 15.6 Å². The Hall–Kier alpha value is -0.420. The number of hydrogen-bond donors (Lipinski definition) is 1. The third-order valence-corrected chi connectivity index (χ3v) is 7.22. The lowest BCUT2D eigenvalue weighted by atomic mass is 10.1. The molecule has 29 heavy (non-hydrogen) atoms. The number of nitrogens with zero attached hydrogens (tertiary/aromatic N) is 4. The fourth-order valence-corrected chi connectivity index (χ4v) is 4.39. The first-order valence-electron chi connectivity index (χ1n) is 10.7. The van der Waals surface area contributed by atoms with E-state index in [1.54, 1.807) is 0 Å². The molecule has 0 saturated carbocycles. The molecule has 0 aliphatic carbocycles. The minimum atomic E-state index is -0.881. The predicted molar refractivity (Wildman–Crippen MR) is 133 cm³/mol. The van der Waals surface area contributed by atoms with Gasteiger partial charge in [0.1, 0.15) is 0 Å². The van der Waals surface area contributed by atoms with Crippen molar-refractivity contribution in [2.45, 2.75) is 51.7 Å². The van der Waals surface area contributed by atoms with E-state index in [0.29, 0.717) is 18.8 Å². The maximum absolute atomic E-state index is 12.5. The number of piperidine rings is 1. The van der Waals surface area contributed by atoms with Crippen LogP contribution in [0.15, 0.2) is 4.99 Å². The molecule has 7 nitrogen and oxygen atoms in total. The third-order valence-electron chi connectivity index (χ3n) is 5.30. The molecule has 2 heterocycles. The highest BCUT2D eigenvalue weighted by atomic mass is 127. The van der Waals surface area contributed by atoms with Gasteiger partial charge in [-0.25, -0.2) is 0 Å². The van der Waals surface area contributed by atoms with Crippen LogP contribution < -0.4 is 5.32 Å². The zero-order chi connectivity index (χ0) is 20.6. The Morgan fingerprint density at radius 3 is 2.17 bits per heavy atom. The average molecular weight is 542 g/mol. The number of guanidine groups is 1. The molecular formula is C20H40IN5O2S. The third kappa shape index (κ3) is 9.08. The van der Waals surface area contributed by atoms with Crippen LogP contribution in [0.2, 0.25) is 0 Å². The second-order valence-electron chi connectivity index (χ2n) is 8.60. The van der Waals surface area contributed by atoms with Crippen LogP contribution in [0.5, 0.6) is 0 Å². The van der Waals surface area contributed by atoms with Crippen molar-refractivity contribution in [3.63, 3.8) is 0 Å². The Balaban J connectivity index is 0.00000420. The Labute approximate surface area is 196 Å². The molecule has 2 rings (SSSR count). The van der Waals surface area contributed by atoms with Crippen LogP contribution in [-0.4, -0.2) is 100 Å². The smallest absolute Gasteiger partial charge is 0.236 e. The number of carbonyl (C=O) groups excluding carboxylic acids is 1. The number of likely N-dealkylation sites (tertiary alicyclic amines) is 1. The van der Waals surface area contributed by atoms with E-state index >= 15 is 0 Å². The fraction of sp³-hybridized carbons (Fsp3) is 0.900. The Morgan fingerprint density at radius 2 is 1.62 bits per heavy atom. The van der Waals surface area contributed by atoms with E-state index in [2.05, 4.69) is 22.0 Å². The molecular weight excluding hydrogens is 501 g/mol. The van der Waals surface area contributed by atoms with Gasteiger partial charge in [-0.3, -0.25) is 18.9 Å². The van der Waals surface area contributed by atoms with E-state index in [4.69, 9.17) is 4.99 Å². The molecule has 2 aliphatic rings. The minimum absolute atomic E-state index is 0. The first-order chi connectivity index (χ1) is 13.3. The van der Waals surface area contributed by atoms with Gasteiger partial charge in [-0.1, -0.05) is 0 Å². The van der Waals surface area contributed by atoms with E-state index in [-0.39, 0.29) is 34.6 Å². The Bertz CT molecular complexity index is 554. The summed E-state index contributed by atoms with van der Waals surface area (Å²) in [5, 5.41) is 3.36. The average Bonchev–Trinajstić information content (AvgIpc) is 2.68. The number of aliphatic imine (C=N–C) groups is 1. The zero-order valence-electron chi connectivity index (χ0n) is 18.6. The second-order valence-corrected chi connectivity index (χ2v) is 10.9. The summed E-state index contributed by atoms with van der Waals surface area (Å²) < 4.78 is 12.0. The first kappa shape index (κ1) is 26.6. The second kappa shape index (κ2) is 13.1. The van der Waals surface area contributed by atoms with Crippen molar-refractivity contribution in [3.05, 3.63) is 0 Å². The van der Waals surface area contributed by atoms with Gasteiger partial charge >= 0.3 is 0 Å². The number of halogens is 1. The van der Waals surface area contributed by atoms with Crippen molar-refractivity contribution in [2.24, 2.45) is 4.99 Å². The van der Waals surface area contributed by atoms with Gasteiger partial charge < -0.3 is 15.1 Å². The SMILES string of the molecule is CCNC(=NCCS(=O)C(C)(C)C)N1CCN(CC(=O)N2CCCCC2)CC1.I. The molecule has 0 aromatic carbocycles. The Kier molecular flexibility index (Phi) is 12.0. The van der Waals surface area contributed by atoms with Gasteiger partial charge in [0.15, 0.2) is 5.96 Å². The van der Waals surface area contributed by atoms with Crippen LogP contribution in [0, 0.1) is 0 Å². The number of piperazine rings is 1. The molecule has 0 aromatic rings. The summed E-state index contributed by atoms with van der Waals surface area (Å²) in [6.45, 7) is 15.3. The van der Waals surface area contributed by atoms with Crippen LogP contribution in [0.4, 0.5) is 0 Å². The monoisotopic (exact) mass is 541 g/mol. The Morgan fingerprint density at radius 1 is 1.00 bits per heavy atom. The lowest BCUT2D eigenvalue weighted by Crippen LogP contribution is -2.54. The van der Waals surface area contributed by atoms with Gasteiger partial charge in [0, 0.05) is 67.1 Å². The van der Waals surface area contributed by atoms with Crippen molar-refractivity contribution >= 4 is 46.6 Å². The molecule has 1 amide bonds. The van der Waals surface area contributed by atoms with E-state index < -0.39 is 10.8 Å². The van der Waals surface area contributed by atoms with Gasteiger partial charge in [0.25, 0.3) is 0 Å². The molecule has 0 bridgehead atoms. The summed E-state index contributed by atoms with van der Waals surface area (Å²) in [7, 11) is -0.881. The molecule has 0 spiro atoms. The predicted octanol–water partition coefficient (Wildman–Crippen LogP) is 1.75. The summed E-state index contributed by atoms with van der Waals surface area (Å²) in [6, 6.07) is 0. The van der Waals surface area contributed by atoms with E-state index in [1.165, 1.54) is 6.42 Å². The number of nitrogens with one attached hydrogen (secondary N) is 1. The van der Waals surface area contributed by atoms with Gasteiger partial charge in [0.2, 0.25) is 5.91 Å². The zero-order valence-corrected chi connectivity index (χ0v) is 21.8. The topological polar surface area (TPSA) is 68.2 Å². The highest BCUT2D eigenvalue weighted by molar-refractivity contribution is 14.0. The number of hydrogen-bond acceptors (Lipinski definition) is 4. The van der Waals surface area contributed by atoms with Crippen molar-refractivity contribution in [1.82, 2.24) is 20.0 Å². The van der Waals surface area contributed by atoms with E-state index in [9.17, 15) is 9.00 Å². The summed E-state index contributed by atoms with van der Waals surface area (Å²) in [6.07, 6.45) is 3.53. The summed E-state index contributed by atoms with van der Waals surface area (Å²) in [4.78, 5) is 23.7. The molecule has 1 N–H and O–H groups in total. The number of carbonyl (C=O) groups is 1. The molecule has 1 unspecified atom stereocenters. The molecule has 170 valence electrons. The van der Waals surface area contributed by atoms with Crippen molar-refractivity contribution in [2.75, 3.05) is 64.7 Å². The van der Waals surface area contributed by atoms with E-state index in [0.717, 1.165) is 64.6 Å². The molecule has 2 fully saturated rings. The van der Waals surface area contributed by atoms with Crippen molar-refractivity contribution in [3.8, 4) is 0 Å². The fourth-order valence-electron chi connectivity index (χ4n) is 3.52. The lowest BCUT2D eigenvalue weighted by Gasteiger charge is -2.37. The van der Waals surface area contributed by atoms with Gasteiger partial charge in [0.05, 0.1) is 13.1 Å². The van der Waals surface area contributed by atoms with Gasteiger partial charge in [-0.2, -0.15) is 0 Å². The highest BCUT2D eigenvalue weighted by Gasteiger charge is 2.24. The van der Waals surface area contributed by atoms with E-state index in [1.807, 2.05) is 25.7 Å². The lowest BCUT2D eigenvalue weighted by molar-refractivity contribution is -0.133. The van der Waals surface area contributed by atoms with Crippen LogP contribution in [0.25, 0.3) is 0 Å². The normalized spacial score (nSPS) is 20.2. The van der Waals surface area contributed by atoms with Gasteiger partial charge in [-0.05, 0) is 47.0 Å². The highest BCUT2D eigenvalue weighted by Crippen LogP contribution is 2.12. The van der Waals surface area contributed by atoms with Crippen molar-refractivity contribution < 1.29 is 9.00 Å². The largest absolute Gasteiger partial charge is 0.357 e. The van der Waals surface area contributed by atoms with Crippen LogP contribution >= 0.6 is 24.0 Å². The first-order valence-corrected chi connectivity index (χ1v) is 12.0. The molecule has 2 aliphatic heterocycles. The van der Waals surface area contributed by atoms with Crippen LogP contribution in [0.1, 0.15) is 47.0 Å². The maximum Gasteiger partial charge on any atom is 0.236 e. The minimum Gasteiger partial charge on any atom is -0.357 e. The maximum atomic E-state index is 12.5. The number of amides is 1. The molecule has 1 atom stereocenters. The standard InChI is InChI=1S/C20H39N5O2S.HI/c1-5-21-19(22-9-16-28(27)20(2,3)4)25-14-12-23(13-15-25)17-18(26)24-10-7-6-8-11-24;/h5-17H2,1-4H3,(H,21,22);1H. The number of rotatable bonds is 6. The van der Waals surface area contributed by atoms with Crippen molar-refractivity contribution in [1.29, 1.82) is 0 Å². The summed E-state index contributed by atoms with van der Waals surface area (Å²) in [5.41, 5.74) is 0. The summed E-state index contributed by atoms with van der Waals surface area (Å²) >= 11 is 0. The quantitative estimate of drug-likeness (QED) is 0.316. The molecule has 9 heteroatoms. The molecule has 2 saturated heterocycles. The van der Waals surface area contributed by atoms with Crippen LogP contribution in [0.3, 0.4) is 0 Å².